The zero-order valence-electron chi connectivity index (χ0n) is 9.21. The smallest absolute Gasteiger partial charge is 0.347 e. The second-order valence-corrected chi connectivity index (χ2v) is 4.86. The highest BCUT2D eigenvalue weighted by atomic mass is 32.1. The van der Waals surface area contributed by atoms with Crippen LogP contribution >= 0.6 is 11.3 Å². The third kappa shape index (κ3) is 2.03. The van der Waals surface area contributed by atoms with Crippen molar-refractivity contribution in [3.63, 3.8) is 0 Å². The Bertz CT molecular complexity index is 393. The standard InChI is InChI=1S/C10H14N2O3S/c1-6-7(3-4-15-6)12(2)10-11-5-8(16-10)9(13)14/h5-7H,3-4H2,1-2H3,(H,13,14). The largest absolute Gasteiger partial charge is 0.477 e. The van der Waals surface area contributed by atoms with Crippen LogP contribution in [0.2, 0.25) is 0 Å². The molecule has 2 heterocycles. The third-order valence-corrected chi connectivity index (χ3v) is 3.92. The maximum Gasteiger partial charge on any atom is 0.347 e. The number of hydrogen-bond donors (Lipinski definition) is 1. The molecule has 0 amide bonds. The Morgan fingerprint density at radius 1 is 1.75 bits per heavy atom. The van der Waals surface area contributed by atoms with Gasteiger partial charge >= 0.3 is 5.97 Å². The summed E-state index contributed by atoms with van der Waals surface area (Å²) in [5.41, 5.74) is 0. The molecule has 1 N–H and O–H groups in total. The van der Waals surface area contributed by atoms with E-state index in [4.69, 9.17) is 9.84 Å². The van der Waals surface area contributed by atoms with E-state index in [-0.39, 0.29) is 17.0 Å². The SMILES string of the molecule is CC1OCCC1N(C)c1ncc(C(=O)O)s1. The van der Waals surface area contributed by atoms with Crippen molar-refractivity contribution in [1.29, 1.82) is 0 Å². The first-order valence-electron chi connectivity index (χ1n) is 5.13. The van der Waals surface area contributed by atoms with Gasteiger partial charge in [0, 0.05) is 13.7 Å². The summed E-state index contributed by atoms with van der Waals surface area (Å²) in [6.45, 7) is 2.78. The van der Waals surface area contributed by atoms with Gasteiger partial charge in [-0.05, 0) is 13.3 Å². The average Bonchev–Trinajstić information content (AvgIpc) is 2.84. The van der Waals surface area contributed by atoms with Crippen LogP contribution in [0.3, 0.4) is 0 Å². The molecule has 0 bridgehead atoms. The molecular formula is C10H14N2O3S. The number of aromatic carboxylic acids is 1. The fourth-order valence-corrected chi connectivity index (χ4v) is 2.67. The van der Waals surface area contributed by atoms with Gasteiger partial charge < -0.3 is 14.7 Å². The molecule has 0 spiro atoms. The van der Waals surface area contributed by atoms with Crippen LogP contribution in [0, 0.1) is 0 Å². The van der Waals surface area contributed by atoms with Crippen molar-refractivity contribution in [1.82, 2.24) is 4.98 Å². The number of likely N-dealkylation sites (N-methyl/N-ethyl adjacent to an activating group) is 1. The molecule has 1 aromatic rings. The Balaban J connectivity index is 2.13. The molecule has 1 aliphatic rings. The highest BCUT2D eigenvalue weighted by molar-refractivity contribution is 7.17. The van der Waals surface area contributed by atoms with Gasteiger partial charge in [0.2, 0.25) is 0 Å². The van der Waals surface area contributed by atoms with E-state index in [9.17, 15) is 4.79 Å². The summed E-state index contributed by atoms with van der Waals surface area (Å²) in [4.78, 5) is 17.2. The molecule has 1 saturated heterocycles. The van der Waals surface area contributed by atoms with Crippen molar-refractivity contribution >= 4 is 22.4 Å². The van der Waals surface area contributed by atoms with E-state index in [0.29, 0.717) is 0 Å². The summed E-state index contributed by atoms with van der Waals surface area (Å²) >= 11 is 1.20. The number of thiazole rings is 1. The summed E-state index contributed by atoms with van der Waals surface area (Å²) in [6.07, 6.45) is 2.53. The number of ether oxygens (including phenoxy) is 1. The highest BCUT2D eigenvalue weighted by Gasteiger charge is 2.29. The molecule has 5 nitrogen and oxygen atoms in total. The number of carboxylic acid groups (broad SMARTS) is 1. The Kier molecular flexibility index (Phi) is 3.11. The van der Waals surface area contributed by atoms with E-state index in [1.807, 2.05) is 18.9 Å². The van der Waals surface area contributed by atoms with Gasteiger partial charge in [0.1, 0.15) is 4.88 Å². The number of carboxylic acids is 1. The molecule has 1 aliphatic heterocycles. The van der Waals surface area contributed by atoms with Gasteiger partial charge in [-0.15, -0.1) is 0 Å². The van der Waals surface area contributed by atoms with Gasteiger partial charge in [0.05, 0.1) is 18.3 Å². The Morgan fingerprint density at radius 2 is 2.50 bits per heavy atom. The lowest BCUT2D eigenvalue weighted by Crippen LogP contribution is -2.36. The van der Waals surface area contributed by atoms with Gasteiger partial charge in [-0.3, -0.25) is 0 Å². The van der Waals surface area contributed by atoms with E-state index < -0.39 is 5.97 Å². The topological polar surface area (TPSA) is 62.7 Å². The van der Waals surface area contributed by atoms with Crippen molar-refractivity contribution in [3.8, 4) is 0 Å². The molecule has 2 unspecified atom stereocenters. The van der Waals surface area contributed by atoms with Crippen LogP contribution in [-0.4, -0.2) is 41.9 Å². The Morgan fingerprint density at radius 3 is 3.00 bits per heavy atom. The number of carbonyl (C=O) groups is 1. The van der Waals surface area contributed by atoms with E-state index in [0.717, 1.165) is 18.2 Å². The van der Waals surface area contributed by atoms with Crippen LogP contribution in [0.25, 0.3) is 0 Å². The average molecular weight is 242 g/mol. The molecule has 0 aliphatic carbocycles. The zero-order chi connectivity index (χ0) is 11.7. The molecule has 2 rings (SSSR count). The summed E-state index contributed by atoms with van der Waals surface area (Å²) in [5.74, 6) is -0.923. The van der Waals surface area contributed by atoms with E-state index in [1.54, 1.807) is 0 Å². The Hall–Kier alpha value is -1.14. The van der Waals surface area contributed by atoms with Crippen LogP contribution in [0.15, 0.2) is 6.20 Å². The minimum atomic E-state index is -0.923. The maximum absolute atomic E-state index is 10.7. The lowest BCUT2D eigenvalue weighted by Gasteiger charge is -2.25. The second kappa shape index (κ2) is 4.39. The number of anilines is 1. The molecule has 0 aromatic carbocycles. The fourth-order valence-electron chi connectivity index (χ4n) is 1.90. The van der Waals surface area contributed by atoms with Crippen molar-refractivity contribution in [2.45, 2.75) is 25.5 Å². The van der Waals surface area contributed by atoms with Gasteiger partial charge in [-0.25, -0.2) is 9.78 Å². The van der Waals surface area contributed by atoms with E-state index in [2.05, 4.69) is 4.98 Å². The maximum atomic E-state index is 10.7. The summed E-state index contributed by atoms with van der Waals surface area (Å²) in [6, 6.07) is 0.285. The van der Waals surface area contributed by atoms with Crippen LogP contribution in [0.1, 0.15) is 23.0 Å². The van der Waals surface area contributed by atoms with Crippen LogP contribution < -0.4 is 4.90 Å². The molecule has 6 heteroatoms. The molecule has 0 saturated carbocycles. The van der Waals surface area contributed by atoms with Crippen molar-refractivity contribution in [3.05, 3.63) is 11.1 Å². The van der Waals surface area contributed by atoms with E-state index >= 15 is 0 Å². The van der Waals surface area contributed by atoms with Crippen molar-refractivity contribution in [2.75, 3.05) is 18.6 Å². The molecule has 1 aromatic heterocycles. The number of hydrogen-bond acceptors (Lipinski definition) is 5. The molecule has 0 radical (unpaired) electrons. The van der Waals surface area contributed by atoms with Crippen LogP contribution in [0.5, 0.6) is 0 Å². The van der Waals surface area contributed by atoms with Crippen LogP contribution in [0.4, 0.5) is 5.13 Å². The fraction of sp³-hybridized carbons (Fsp3) is 0.600. The monoisotopic (exact) mass is 242 g/mol. The first kappa shape index (κ1) is 11.3. The summed E-state index contributed by atoms with van der Waals surface area (Å²) in [5, 5.41) is 9.56. The first-order chi connectivity index (χ1) is 7.59. The minimum absolute atomic E-state index is 0.169. The normalized spacial score (nSPS) is 24.6. The van der Waals surface area contributed by atoms with Gasteiger partial charge in [0.15, 0.2) is 5.13 Å². The van der Waals surface area contributed by atoms with Crippen molar-refractivity contribution < 1.29 is 14.6 Å². The Labute approximate surface area is 97.7 Å². The molecule has 1 fully saturated rings. The van der Waals surface area contributed by atoms with Crippen molar-refractivity contribution in [2.24, 2.45) is 0 Å². The van der Waals surface area contributed by atoms with E-state index in [1.165, 1.54) is 17.5 Å². The molecule has 16 heavy (non-hydrogen) atoms. The summed E-state index contributed by atoms with van der Waals surface area (Å²) < 4.78 is 5.48. The third-order valence-electron chi connectivity index (χ3n) is 2.84. The second-order valence-electron chi connectivity index (χ2n) is 3.86. The molecule has 2 atom stereocenters. The zero-order valence-corrected chi connectivity index (χ0v) is 10.0. The number of nitrogens with zero attached hydrogens (tertiary/aromatic N) is 2. The van der Waals surface area contributed by atoms with Gasteiger partial charge in [0.25, 0.3) is 0 Å². The number of aromatic nitrogens is 1. The van der Waals surface area contributed by atoms with Gasteiger partial charge in [-0.1, -0.05) is 11.3 Å². The lowest BCUT2D eigenvalue weighted by molar-refractivity contribution is 0.0702. The molecule has 88 valence electrons. The lowest BCUT2D eigenvalue weighted by atomic mass is 10.1. The first-order valence-corrected chi connectivity index (χ1v) is 5.95. The van der Waals surface area contributed by atoms with Crippen LogP contribution in [-0.2, 0) is 4.74 Å². The minimum Gasteiger partial charge on any atom is -0.477 e. The predicted octanol–water partition coefficient (Wildman–Crippen LogP) is 1.45. The molecular weight excluding hydrogens is 228 g/mol. The highest BCUT2D eigenvalue weighted by Crippen LogP contribution is 2.27. The van der Waals surface area contributed by atoms with Gasteiger partial charge in [-0.2, -0.15) is 0 Å². The quantitative estimate of drug-likeness (QED) is 0.869. The predicted molar refractivity (Wildman–Crippen MR) is 61.3 cm³/mol. The number of rotatable bonds is 3. The summed E-state index contributed by atoms with van der Waals surface area (Å²) in [7, 11) is 1.93.